The maximum absolute atomic E-state index is 12.4. The minimum Gasteiger partial charge on any atom is -0.485 e. The molecule has 1 aromatic rings. The van der Waals surface area contributed by atoms with E-state index in [1.165, 1.54) is 0 Å². The topological polar surface area (TPSA) is 58.6 Å². The highest BCUT2D eigenvalue weighted by Crippen LogP contribution is 2.42. The molecule has 5 nitrogen and oxygen atoms in total. The molecule has 21 heavy (non-hydrogen) atoms. The van der Waals surface area contributed by atoms with Gasteiger partial charge in [-0.25, -0.2) is 9.69 Å². The van der Waals surface area contributed by atoms with E-state index in [0.717, 1.165) is 10.5 Å². The molecule has 0 radical (unpaired) electrons. The molecule has 1 saturated heterocycles. The van der Waals surface area contributed by atoms with Crippen molar-refractivity contribution in [2.75, 3.05) is 11.6 Å². The highest BCUT2D eigenvalue weighted by Gasteiger charge is 2.42. The number of imide groups is 1. The predicted octanol–water partition coefficient (Wildman–Crippen LogP) is 2.18. The maximum atomic E-state index is 12.4. The van der Waals surface area contributed by atoms with Crippen molar-refractivity contribution in [1.82, 2.24) is 5.32 Å². The molecule has 6 heteroatoms. The van der Waals surface area contributed by atoms with Crippen LogP contribution < -0.4 is 15.0 Å². The molecule has 1 N–H and O–H groups in total. The number of hydrogen-bond donors (Lipinski definition) is 1. The second-order valence-corrected chi connectivity index (χ2v) is 5.96. The number of fused-ring (bicyclic) bond motifs is 1. The van der Waals surface area contributed by atoms with Crippen LogP contribution >= 0.6 is 0 Å². The van der Waals surface area contributed by atoms with E-state index in [2.05, 4.69) is 5.32 Å². The van der Waals surface area contributed by atoms with Gasteiger partial charge in [0.05, 0.1) is 12.4 Å². The van der Waals surface area contributed by atoms with E-state index in [-0.39, 0.29) is 12.0 Å². The molecule has 0 spiro atoms. The van der Waals surface area contributed by atoms with Crippen LogP contribution in [0.15, 0.2) is 18.2 Å². The molecular weight excluding hydrogens is 275 g/mol. The maximum Gasteiger partial charge on any atom is 0.329 e. The highest BCUT2D eigenvalue weighted by atomic mass is 19.1. The molecule has 0 saturated carbocycles. The number of nitrogens with one attached hydrogen (secondary N) is 1. The van der Waals surface area contributed by atoms with Crippen molar-refractivity contribution in [2.24, 2.45) is 0 Å². The van der Waals surface area contributed by atoms with Gasteiger partial charge in [0.1, 0.15) is 17.4 Å². The van der Waals surface area contributed by atoms with Crippen LogP contribution in [0.4, 0.5) is 14.9 Å². The number of ether oxygens (including phenoxy) is 1. The number of anilines is 1. The lowest BCUT2D eigenvalue weighted by Crippen LogP contribution is -2.32. The summed E-state index contributed by atoms with van der Waals surface area (Å²) in [6.07, 6.45) is 0.705. The Morgan fingerprint density at radius 2 is 2.19 bits per heavy atom. The van der Waals surface area contributed by atoms with Crippen LogP contribution in [0.5, 0.6) is 5.75 Å². The summed E-state index contributed by atoms with van der Waals surface area (Å²) in [7, 11) is 0. The van der Waals surface area contributed by atoms with E-state index >= 15 is 0 Å². The largest absolute Gasteiger partial charge is 0.485 e. The first-order valence-corrected chi connectivity index (χ1v) is 6.94. The lowest BCUT2D eigenvalue weighted by atomic mass is 10.0. The zero-order valence-electron chi connectivity index (χ0n) is 12.0. The standard InChI is InChI=1S/C15H17FN2O3/c1-15(2)8-9-4-3-5-11(12(9)21-15)18-13(19)10(6-7-16)17-14(18)20/h3-5,10H,6-8H2,1-2H3,(H,17,20)/t10-/m0/s1. The van der Waals surface area contributed by atoms with Crippen molar-refractivity contribution in [2.45, 2.75) is 38.3 Å². The molecular formula is C15H17FN2O3. The van der Waals surface area contributed by atoms with Gasteiger partial charge in [-0.2, -0.15) is 0 Å². The third-order valence-corrected chi connectivity index (χ3v) is 3.73. The van der Waals surface area contributed by atoms with E-state index in [0.29, 0.717) is 17.9 Å². The molecule has 1 atom stereocenters. The molecule has 1 fully saturated rings. The zero-order valence-corrected chi connectivity index (χ0v) is 12.0. The Labute approximate surface area is 122 Å². The van der Waals surface area contributed by atoms with E-state index in [9.17, 15) is 14.0 Å². The molecule has 1 aromatic carbocycles. The molecule has 0 bridgehead atoms. The first kappa shape index (κ1) is 13.9. The molecule has 0 aliphatic carbocycles. The highest BCUT2D eigenvalue weighted by molar-refractivity contribution is 6.22. The number of alkyl halides is 1. The SMILES string of the molecule is CC1(C)Cc2cccc(N3C(=O)N[C@@H](CCF)C3=O)c2O1. The van der Waals surface area contributed by atoms with Crippen molar-refractivity contribution in [3.63, 3.8) is 0 Å². The van der Waals surface area contributed by atoms with Crippen molar-refractivity contribution in [3.05, 3.63) is 23.8 Å². The number of carbonyl (C=O) groups excluding carboxylic acids is 2. The Bertz CT molecular complexity index is 615. The summed E-state index contributed by atoms with van der Waals surface area (Å²) in [5, 5.41) is 2.51. The van der Waals surface area contributed by atoms with Crippen LogP contribution in [0, 0.1) is 0 Å². The van der Waals surface area contributed by atoms with Crippen LogP contribution in [0.25, 0.3) is 0 Å². The molecule has 3 rings (SSSR count). The normalized spacial score (nSPS) is 23.0. The number of benzene rings is 1. The molecule has 2 aliphatic heterocycles. The molecule has 2 aliphatic rings. The number of rotatable bonds is 3. The van der Waals surface area contributed by atoms with E-state index in [4.69, 9.17) is 4.74 Å². The van der Waals surface area contributed by atoms with Gasteiger partial charge in [-0.05, 0) is 19.9 Å². The van der Waals surface area contributed by atoms with Gasteiger partial charge in [0.25, 0.3) is 5.91 Å². The zero-order chi connectivity index (χ0) is 15.2. The van der Waals surface area contributed by atoms with Gasteiger partial charge in [-0.15, -0.1) is 0 Å². The summed E-state index contributed by atoms with van der Waals surface area (Å²) in [6, 6.07) is 4.07. The Balaban J connectivity index is 1.98. The molecule has 2 heterocycles. The first-order valence-electron chi connectivity index (χ1n) is 6.94. The summed E-state index contributed by atoms with van der Waals surface area (Å²) >= 11 is 0. The van der Waals surface area contributed by atoms with Gasteiger partial charge in [0.2, 0.25) is 0 Å². The second-order valence-electron chi connectivity index (χ2n) is 5.96. The lowest BCUT2D eigenvalue weighted by Gasteiger charge is -2.20. The predicted molar refractivity (Wildman–Crippen MR) is 75.3 cm³/mol. The Kier molecular flexibility index (Phi) is 3.11. The summed E-state index contributed by atoms with van der Waals surface area (Å²) in [6.45, 7) is 3.25. The van der Waals surface area contributed by atoms with E-state index in [1.54, 1.807) is 12.1 Å². The second kappa shape index (κ2) is 4.72. The van der Waals surface area contributed by atoms with Gasteiger partial charge >= 0.3 is 6.03 Å². The smallest absolute Gasteiger partial charge is 0.329 e. The third-order valence-electron chi connectivity index (χ3n) is 3.73. The van der Waals surface area contributed by atoms with Gasteiger partial charge in [0, 0.05) is 18.4 Å². The Morgan fingerprint density at radius 3 is 2.90 bits per heavy atom. The van der Waals surface area contributed by atoms with Crippen LogP contribution in [0.2, 0.25) is 0 Å². The Hall–Kier alpha value is -2.11. The van der Waals surface area contributed by atoms with Crippen LogP contribution in [-0.2, 0) is 11.2 Å². The number of carbonyl (C=O) groups is 2. The average molecular weight is 292 g/mol. The number of amides is 3. The minimum absolute atomic E-state index is 0.0115. The van der Waals surface area contributed by atoms with Gasteiger partial charge < -0.3 is 10.1 Å². The summed E-state index contributed by atoms with van der Waals surface area (Å²) in [4.78, 5) is 25.4. The molecule has 3 amide bonds. The molecule has 0 aromatic heterocycles. The third kappa shape index (κ3) is 2.24. The lowest BCUT2D eigenvalue weighted by molar-refractivity contribution is -0.118. The van der Waals surface area contributed by atoms with Crippen molar-refractivity contribution >= 4 is 17.6 Å². The summed E-state index contributed by atoms with van der Waals surface area (Å²) in [5.41, 5.74) is 1.03. The van der Waals surface area contributed by atoms with Gasteiger partial charge in [-0.1, -0.05) is 12.1 Å². The van der Waals surface area contributed by atoms with E-state index in [1.807, 2.05) is 19.9 Å². The van der Waals surface area contributed by atoms with Crippen LogP contribution in [-0.4, -0.2) is 30.3 Å². The molecule has 112 valence electrons. The minimum atomic E-state index is -0.798. The monoisotopic (exact) mass is 292 g/mol. The summed E-state index contributed by atoms with van der Waals surface area (Å²) < 4.78 is 18.3. The molecule has 0 unspecified atom stereocenters. The quantitative estimate of drug-likeness (QED) is 0.869. The van der Waals surface area contributed by atoms with Crippen molar-refractivity contribution in [3.8, 4) is 5.75 Å². The number of urea groups is 1. The van der Waals surface area contributed by atoms with E-state index < -0.39 is 24.7 Å². The average Bonchev–Trinajstić information content (AvgIpc) is 2.86. The van der Waals surface area contributed by atoms with Crippen molar-refractivity contribution < 1.29 is 18.7 Å². The first-order chi connectivity index (χ1) is 9.93. The number of nitrogens with zero attached hydrogens (tertiary/aromatic N) is 1. The van der Waals surface area contributed by atoms with Gasteiger partial charge in [0.15, 0.2) is 0 Å². The fraction of sp³-hybridized carbons (Fsp3) is 0.467. The fourth-order valence-corrected chi connectivity index (χ4v) is 2.84. The number of para-hydroxylation sites is 1. The van der Waals surface area contributed by atoms with Gasteiger partial charge in [-0.3, -0.25) is 9.18 Å². The Morgan fingerprint density at radius 1 is 1.43 bits per heavy atom. The van der Waals surface area contributed by atoms with Crippen LogP contribution in [0.3, 0.4) is 0 Å². The number of hydrogen-bond acceptors (Lipinski definition) is 3. The fourth-order valence-electron chi connectivity index (χ4n) is 2.84. The number of halogens is 1. The summed E-state index contributed by atoms with van der Waals surface area (Å²) in [5.74, 6) is 0.131. The van der Waals surface area contributed by atoms with Crippen LogP contribution in [0.1, 0.15) is 25.8 Å². The van der Waals surface area contributed by atoms with Crippen molar-refractivity contribution in [1.29, 1.82) is 0 Å².